The van der Waals surface area contributed by atoms with Crippen LogP contribution in [0.3, 0.4) is 0 Å². The van der Waals surface area contributed by atoms with Crippen molar-refractivity contribution in [1.29, 1.82) is 0 Å². The normalized spacial score (nSPS) is 10.8. The molecule has 0 unspecified atom stereocenters. The van der Waals surface area contributed by atoms with Crippen molar-refractivity contribution in [2.24, 2.45) is 7.05 Å². The number of nitrogens with two attached hydrogens (primary N) is 2. The minimum Gasteiger partial charge on any atom is -0.399 e. The van der Waals surface area contributed by atoms with Gasteiger partial charge < -0.3 is 11.5 Å². The summed E-state index contributed by atoms with van der Waals surface area (Å²) < 4.78 is 3.25. The number of tetrazole rings is 1. The lowest BCUT2D eigenvalue weighted by molar-refractivity contribution is 0.762. The number of nitrogen functional groups attached to an aromatic ring is 2. The molecular weight excluding hydrogens is 244 g/mol. The molecule has 1 aromatic carbocycles. The summed E-state index contributed by atoms with van der Waals surface area (Å²) in [5.74, 6) is 0.547. The van der Waals surface area contributed by atoms with Crippen LogP contribution in [0, 0.1) is 0 Å². The number of hydrogen-bond acceptors (Lipinski definition) is 6. The SMILES string of the molecule is Cn1cc(-n2nnnc2-c2ccc(N)cc2N)cn1. The van der Waals surface area contributed by atoms with Crippen molar-refractivity contribution in [3.05, 3.63) is 30.6 Å². The molecule has 0 radical (unpaired) electrons. The zero-order valence-electron chi connectivity index (χ0n) is 10.2. The van der Waals surface area contributed by atoms with E-state index in [9.17, 15) is 0 Å². The standard InChI is InChI=1S/C11H12N8/c1-18-6-8(5-14-18)19-11(15-16-17-19)9-3-2-7(12)4-10(9)13/h2-6H,12-13H2,1H3. The fourth-order valence-electron chi connectivity index (χ4n) is 1.83. The second-order valence-corrected chi connectivity index (χ2v) is 4.13. The van der Waals surface area contributed by atoms with Gasteiger partial charge in [0.25, 0.3) is 0 Å². The van der Waals surface area contributed by atoms with Crippen LogP contribution in [-0.2, 0) is 7.05 Å². The van der Waals surface area contributed by atoms with Crippen LogP contribution in [0.15, 0.2) is 30.6 Å². The number of aromatic nitrogens is 6. The Balaban J connectivity index is 2.14. The average molecular weight is 256 g/mol. The van der Waals surface area contributed by atoms with Crippen molar-refractivity contribution in [2.45, 2.75) is 0 Å². The molecule has 96 valence electrons. The van der Waals surface area contributed by atoms with E-state index in [1.807, 2.05) is 13.2 Å². The molecule has 0 fully saturated rings. The summed E-state index contributed by atoms with van der Waals surface area (Å²) >= 11 is 0. The Labute approximate surface area is 108 Å². The van der Waals surface area contributed by atoms with Crippen LogP contribution >= 0.6 is 0 Å². The minimum atomic E-state index is 0.528. The molecule has 3 aromatic rings. The van der Waals surface area contributed by atoms with Gasteiger partial charge in [0.2, 0.25) is 0 Å². The summed E-state index contributed by atoms with van der Waals surface area (Å²) in [6.07, 6.45) is 3.49. The zero-order chi connectivity index (χ0) is 13.4. The minimum absolute atomic E-state index is 0.528. The maximum Gasteiger partial charge on any atom is 0.189 e. The molecule has 0 spiro atoms. The average Bonchev–Trinajstić information content (AvgIpc) is 2.97. The first kappa shape index (κ1) is 11.2. The van der Waals surface area contributed by atoms with Crippen molar-refractivity contribution in [3.63, 3.8) is 0 Å². The molecule has 0 aliphatic heterocycles. The Bertz CT molecular complexity index is 726. The predicted molar refractivity (Wildman–Crippen MR) is 70.2 cm³/mol. The van der Waals surface area contributed by atoms with Crippen LogP contribution < -0.4 is 11.5 Å². The van der Waals surface area contributed by atoms with E-state index in [4.69, 9.17) is 11.5 Å². The molecule has 8 nitrogen and oxygen atoms in total. The van der Waals surface area contributed by atoms with E-state index in [0.29, 0.717) is 17.2 Å². The second-order valence-electron chi connectivity index (χ2n) is 4.13. The third-order valence-corrected chi connectivity index (χ3v) is 2.72. The molecule has 4 N–H and O–H groups in total. The van der Waals surface area contributed by atoms with Crippen molar-refractivity contribution < 1.29 is 0 Å². The molecule has 0 saturated heterocycles. The highest BCUT2D eigenvalue weighted by Gasteiger charge is 2.14. The van der Waals surface area contributed by atoms with E-state index >= 15 is 0 Å². The summed E-state index contributed by atoms with van der Waals surface area (Å²) in [6, 6.07) is 5.23. The zero-order valence-corrected chi connectivity index (χ0v) is 10.2. The van der Waals surface area contributed by atoms with Crippen molar-refractivity contribution >= 4 is 11.4 Å². The van der Waals surface area contributed by atoms with Crippen LogP contribution in [0.25, 0.3) is 17.1 Å². The Morgan fingerprint density at radius 2 is 2.05 bits per heavy atom. The van der Waals surface area contributed by atoms with Gasteiger partial charge in [-0.2, -0.15) is 9.78 Å². The Hall–Kier alpha value is -2.90. The molecular formula is C11H12N8. The van der Waals surface area contributed by atoms with Gasteiger partial charge in [-0.1, -0.05) is 0 Å². The molecule has 0 aliphatic rings. The van der Waals surface area contributed by atoms with E-state index in [0.717, 1.165) is 11.3 Å². The molecule has 2 aromatic heterocycles. The third kappa shape index (κ3) is 1.88. The molecule has 19 heavy (non-hydrogen) atoms. The van der Waals surface area contributed by atoms with Crippen LogP contribution in [0.4, 0.5) is 11.4 Å². The van der Waals surface area contributed by atoms with E-state index in [1.54, 1.807) is 33.8 Å². The van der Waals surface area contributed by atoms with E-state index < -0.39 is 0 Å². The summed E-state index contributed by atoms with van der Waals surface area (Å²) in [7, 11) is 1.82. The monoisotopic (exact) mass is 256 g/mol. The Kier molecular flexibility index (Phi) is 2.41. The highest BCUT2D eigenvalue weighted by atomic mass is 15.5. The molecule has 8 heteroatoms. The summed E-state index contributed by atoms with van der Waals surface area (Å²) in [6.45, 7) is 0. The van der Waals surface area contributed by atoms with Gasteiger partial charge in [0.1, 0.15) is 5.69 Å². The summed E-state index contributed by atoms with van der Waals surface area (Å²) in [5, 5.41) is 15.7. The number of aryl methyl sites for hydroxylation is 1. The summed E-state index contributed by atoms with van der Waals surface area (Å²) in [5.41, 5.74) is 14.3. The van der Waals surface area contributed by atoms with Gasteiger partial charge in [0.15, 0.2) is 5.82 Å². The highest BCUT2D eigenvalue weighted by molar-refractivity contribution is 5.75. The molecule has 2 heterocycles. The van der Waals surface area contributed by atoms with Crippen LogP contribution in [-0.4, -0.2) is 30.0 Å². The molecule has 0 aliphatic carbocycles. The van der Waals surface area contributed by atoms with Gasteiger partial charge >= 0.3 is 0 Å². The van der Waals surface area contributed by atoms with Crippen molar-refractivity contribution in [2.75, 3.05) is 11.5 Å². The lowest BCUT2D eigenvalue weighted by atomic mass is 10.1. The van der Waals surface area contributed by atoms with Crippen LogP contribution in [0.5, 0.6) is 0 Å². The molecule has 0 amide bonds. The maximum absolute atomic E-state index is 5.96. The first-order valence-corrected chi connectivity index (χ1v) is 5.58. The fraction of sp³-hybridized carbons (Fsp3) is 0.0909. The molecule has 0 atom stereocenters. The Morgan fingerprint density at radius 1 is 1.21 bits per heavy atom. The van der Waals surface area contributed by atoms with E-state index in [1.165, 1.54) is 0 Å². The topological polar surface area (TPSA) is 113 Å². The van der Waals surface area contributed by atoms with Gasteiger partial charge in [-0.3, -0.25) is 4.68 Å². The van der Waals surface area contributed by atoms with E-state index in [-0.39, 0.29) is 0 Å². The van der Waals surface area contributed by atoms with Gasteiger partial charge in [-0.25, -0.2) is 0 Å². The van der Waals surface area contributed by atoms with Gasteiger partial charge in [-0.15, -0.1) is 5.10 Å². The number of hydrogen-bond donors (Lipinski definition) is 2. The molecule has 3 rings (SSSR count). The Morgan fingerprint density at radius 3 is 2.74 bits per heavy atom. The highest BCUT2D eigenvalue weighted by Crippen LogP contribution is 2.26. The number of benzene rings is 1. The summed E-state index contributed by atoms with van der Waals surface area (Å²) in [4.78, 5) is 0. The predicted octanol–water partition coefficient (Wildman–Crippen LogP) is 0.227. The first-order chi connectivity index (χ1) is 9.15. The van der Waals surface area contributed by atoms with Gasteiger partial charge in [-0.05, 0) is 28.6 Å². The van der Waals surface area contributed by atoms with Gasteiger partial charge in [0.05, 0.1) is 12.4 Å². The lowest BCUT2D eigenvalue weighted by Gasteiger charge is -2.05. The smallest absolute Gasteiger partial charge is 0.189 e. The third-order valence-electron chi connectivity index (χ3n) is 2.72. The fourth-order valence-corrected chi connectivity index (χ4v) is 1.83. The van der Waals surface area contributed by atoms with Crippen LogP contribution in [0.1, 0.15) is 0 Å². The lowest BCUT2D eigenvalue weighted by Crippen LogP contribution is -2.01. The number of anilines is 2. The van der Waals surface area contributed by atoms with Gasteiger partial charge in [0, 0.05) is 24.0 Å². The molecule has 0 saturated carbocycles. The first-order valence-electron chi connectivity index (χ1n) is 5.58. The van der Waals surface area contributed by atoms with E-state index in [2.05, 4.69) is 20.6 Å². The number of rotatable bonds is 2. The largest absolute Gasteiger partial charge is 0.399 e. The molecule has 0 bridgehead atoms. The quantitative estimate of drug-likeness (QED) is 0.634. The van der Waals surface area contributed by atoms with Crippen molar-refractivity contribution in [3.8, 4) is 17.1 Å². The van der Waals surface area contributed by atoms with Crippen molar-refractivity contribution in [1.82, 2.24) is 30.0 Å². The van der Waals surface area contributed by atoms with Crippen LogP contribution in [0.2, 0.25) is 0 Å². The maximum atomic E-state index is 5.96. The second kappa shape index (κ2) is 4.09. The number of nitrogens with zero attached hydrogens (tertiary/aromatic N) is 6.